The molecule has 0 spiro atoms. The number of carbonyl (C=O) groups is 1. The van der Waals surface area contributed by atoms with Gasteiger partial charge in [-0.2, -0.15) is 16.9 Å². The number of carbonyl (C=O) groups excluding carboxylic acids is 1. The molecule has 0 N–H and O–H groups in total. The van der Waals surface area contributed by atoms with Crippen molar-refractivity contribution in [1.29, 1.82) is 0 Å². The molecular weight excluding hydrogens is 354 g/mol. The first-order chi connectivity index (χ1) is 11.8. The molecule has 1 saturated heterocycles. The summed E-state index contributed by atoms with van der Waals surface area (Å²) in [5, 5.41) is 1.74. The molecule has 4 nitrogen and oxygen atoms in total. The quantitative estimate of drug-likeness (QED) is 0.811. The van der Waals surface area contributed by atoms with E-state index in [4.69, 9.17) is 0 Å². The van der Waals surface area contributed by atoms with E-state index in [2.05, 4.69) is 12.6 Å². The summed E-state index contributed by atoms with van der Waals surface area (Å²) in [5.41, 5.74) is 0. The van der Waals surface area contributed by atoms with Gasteiger partial charge in [0.25, 0.3) is 0 Å². The fraction of sp³-hybridized carbons (Fsp3) is 0.421. The van der Waals surface area contributed by atoms with Crippen molar-refractivity contribution in [2.75, 3.05) is 6.54 Å². The SMILES string of the molecule is CC(C)CC(=O)[C@@H]1C[C@@H](S)CN1S(=O)(=O)c1ccc2ccccc2c1. The summed E-state index contributed by atoms with van der Waals surface area (Å²) in [5.74, 6) is 0.188. The highest BCUT2D eigenvalue weighted by Crippen LogP contribution is 2.31. The zero-order chi connectivity index (χ0) is 18.2. The summed E-state index contributed by atoms with van der Waals surface area (Å²) in [7, 11) is -3.73. The monoisotopic (exact) mass is 377 g/mol. The van der Waals surface area contributed by atoms with Crippen LogP contribution in [-0.2, 0) is 14.8 Å². The number of benzene rings is 2. The molecule has 0 radical (unpaired) electrons. The van der Waals surface area contributed by atoms with Crippen LogP contribution in [0.1, 0.15) is 26.7 Å². The molecule has 0 saturated carbocycles. The van der Waals surface area contributed by atoms with Gasteiger partial charge in [0.15, 0.2) is 5.78 Å². The van der Waals surface area contributed by atoms with Crippen molar-refractivity contribution in [2.24, 2.45) is 5.92 Å². The van der Waals surface area contributed by atoms with E-state index in [-0.39, 0.29) is 28.4 Å². The molecule has 0 unspecified atom stereocenters. The Morgan fingerprint density at radius 2 is 1.88 bits per heavy atom. The molecule has 1 aliphatic heterocycles. The van der Waals surface area contributed by atoms with Gasteiger partial charge in [0.05, 0.1) is 10.9 Å². The van der Waals surface area contributed by atoms with Crippen LogP contribution in [0.4, 0.5) is 0 Å². The van der Waals surface area contributed by atoms with Gasteiger partial charge in [-0.15, -0.1) is 0 Å². The number of rotatable bonds is 5. The Morgan fingerprint density at radius 1 is 1.20 bits per heavy atom. The van der Waals surface area contributed by atoms with Crippen LogP contribution in [0.15, 0.2) is 47.4 Å². The maximum Gasteiger partial charge on any atom is 0.243 e. The molecule has 1 fully saturated rings. The van der Waals surface area contributed by atoms with Gasteiger partial charge < -0.3 is 0 Å². The molecule has 25 heavy (non-hydrogen) atoms. The minimum absolute atomic E-state index is 0.0177. The molecule has 2 aromatic carbocycles. The Bertz CT molecular complexity index is 892. The summed E-state index contributed by atoms with van der Waals surface area (Å²) in [4.78, 5) is 12.8. The van der Waals surface area contributed by atoms with Gasteiger partial charge in [-0.05, 0) is 35.2 Å². The van der Waals surface area contributed by atoms with E-state index in [9.17, 15) is 13.2 Å². The number of Topliss-reactive ketones (excluding diaryl/α,β-unsaturated/α-hetero) is 1. The number of hydrogen-bond acceptors (Lipinski definition) is 4. The average molecular weight is 378 g/mol. The molecule has 3 rings (SSSR count). The van der Waals surface area contributed by atoms with Gasteiger partial charge in [-0.25, -0.2) is 8.42 Å². The van der Waals surface area contributed by atoms with Crippen molar-refractivity contribution in [2.45, 2.75) is 42.9 Å². The van der Waals surface area contributed by atoms with Crippen LogP contribution in [-0.4, -0.2) is 36.3 Å². The van der Waals surface area contributed by atoms with Gasteiger partial charge in [0, 0.05) is 18.2 Å². The molecule has 1 aliphatic rings. The Balaban J connectivity index is 1.97. The Labute approximate surface area is 154 Å². The molecule has 2 atom stereocenters. The molecular formula is C19H23NO3S2. The molecule has 0 amide bonds. The van der Waals surface area contributed by atoms with Crippen molar-refractivity contribution in [1.82, 2.24) is 4.31 Å². The predicted molar refractivity (Wildman–Crippen MR) is 103 cm³/mol. The second kappa shape index (κ2) is 7.09. The predicted octanol–water partition coefficient (Wildman–Crippen LogP) is 3.52. The summed E-state index contributed by atoms with van der Waals surface area (Å²) >= 11 is 4.44. The Hall–Kier alpha value is -1.37. The zero-order valence-electron chi connectivity index (χ0n) is 14.4. The highest BCUT2D eigenvalue weighted by atomic mass is 32.2. The number of hydrogen-bond donors (Lipinski definition) is 1. The van der Waals surface area contributed by atoms with Crippen LogP contribution in [0.2, 0.25) is 0 Å². The molecule has 2 aromatic rings. The fourth-order valence-electron chi connectivity index (χ4n) is 3.34. The van der Waals surface area contributed by atoms with Gasteiger partial charge in [0.2, 0.25) is 10.0 Å². The molecule has 134 valence electrons. The van der Waals surface area contributed by atoms with Crippen LogP contribution in [0.3, 0.4) is 0 Å². The van der Waals surface area contributed by atoms with E-state index in [0.29, 0.717) is 12.8 Å². The first-order valence-electron chi connectivity index (χ1n) is 8.50. The van der Waals surface area contributed by atoms with Crippen LogP contribution in [0.25, 0.3) is 10.8 Å². The third kappa shape index (κ3) is 3.76. The first-order valence-corrected chi connectivity index (χ1v) is 10.5. The lowest BCUT2D eigenvalue weighted by Gasteiger charge is -2.23. The lowest BCUT2D eigenvalue weighted by atomic mass is 10.0. The topological polar surface area (TPSA) is 54.5 Å². The third-order valence-corrected chi connectivity index (χ3v) is 6.79. The number of thiol groups is 1. The van der Waals surface area contributed by atoms with E-state index in [1.807, 2.05) is 38.1 Å². The minimum Gasteiger partial charge on any atom is -0.298 e. The molecule has 1 heterocycles. The number of ketones is 1. The van der Waals surface area contributed by atoms with Gasteiger partial charge in [-0.1, -0.05) is 44.2 Å². The maximum absolute atomic E-state index is 13.2. The van der Waals surface area contributed by atoms with Crippen LogP contribution in [0.5, 0.6) is 0 Å². The third-order valence-electron chi connectivity index (χ3n) is 4.54. The lowest BCUT2D eigenvalue weighted by molar-refractivity contribution is -0.122. The summed E-state index contributed by atoms with van der Waals surface area (Å²) in [6.45, 7) is 4.20. The van der Waals surface area contributed by atoms with E-state index >= 15 is 0 Å². The first kappa shape index (κ1) is 18.4. The van der Waals surface area contributed by atoms with Crippen molar-refractivity contribution in [3.63, 3.8) is 0 Å². The zero-order valence-corrected chi connectivity index (χ0v) is 16.1. The number of sulfonamides is 1. The highest BCUT2D eigenvalue weighted by molar-refractivity contribution is 7.89. The van der Waals surface area contributed by atoms with Gasteiger partial charge in [-0.3, -0.25) is 4.79 Å². The minimum atomic E-state index is -3.73. The largest absolute Gasteiger partial charge is 0.298 e. The van der Waals surface area contributed by atoms with Gasteiger partial charge >= 0.3 is 0 Å². The standard InChI is InChI=1S/C19H23NO3S2/c1-13(2)9-19(21)18-11-16(24)12-20(18)25(22,23)17-8-7-14-5-3-4-6-15(14)10-17/h3-8,10,13,16,18,24H,9,11-12H2,1-2H3/t16-,18+/m1/s1. The Kier molecular flexibility index (Phi) is 5.23. The summed E-state index contributed by atoms with van der Waals surface area (Å²) in [6, 6.07) is 12.1. The molecule has 0 aliphatic carbocycles. The molecule has 0 aromatic heterocycles. The Morgan fingerprint density at radius 3 is 2.56 bits per heavy atom. The van der Waals surface area contributed by atoms with Crippen molar-refractivity contribution >= 4 is 39.2 Å². The van der Waals surface area contributed by atoms with Crippen LogP contribution >= 0.6 is 12.6 Å². The fourth-order valence-corrected chi connectivity index (χ4v) is 5.53. The average Bonchev–Trinajstić information content (AvgIpc) is 2.96. The van der Waals surface area contributed by atoms with Crippen molar-refractivity contribution in [3.05, 3.63) is 42.5 Å². The maximum atomic E-state index is 13.2. The number of fused-ring (bicyclic) bond motifs is 1. The van der Waals surface area contributed by atoms with Crippen LogP contribution in [0, 0.1) is 5.92 Å². The second-order valence-corrected chi connectivity index (χ2v) is 9.67. The van der Waals surface area contributed by atoms with Crippen LogP contribution < -0.4 is 0 Å². The van der Waals surface area contributed by atoms with Gasteiger partial charge in [0.1, 0.15) is 0 Å². The van der Waals surface area contributed by atoms with E-state index in [0.717, 1.165) is 10.8 Å². The highest BCUT2D eigenvalue weighted by Gasteiger charge is 2.42. The molecule has 0 bridgehead atoms. The summed E-state index contributed by atoms with van der Waals surface area (Å²) < 4.78 is 27.7. The second-order valence-electron chi connectivity index (χ2n) is 7.05. The smallest absolute Gasteiger partial charge is 0.243 e. The van der Waals surface area contributed by atoms with E-state index in [1.54, 1.807) is 18.2 Å². The van der Waals surface area contributed by atoms with Crippen molar-refractivity contribution in [3.8, 4) is 0 Å². The molecule has 6 heteroatoms. The van der Waals surface area contributed by atoms with E-state index < -0.39 is 16.1 Å². The normalized spacial score (nSPS) is 21.9. The van der Waals surface area contributed by atoms with Crippen molar-refractivity contribution < 1.29 is 13.2 Å². The lowest BCUT2D eigenvalue weighted by Crippen LogP contribution is -2.40. The van der Waals surface area contributed by atoms with E-state index in [1.165, 1.54) is 4.31 Å². The summed E-state index contributed by atoms with van der Waals surface area (Å²) in [6.07, 6.45) is 0.858. The number of nitrogens with zero attached hydrogens (tertiary/aromatic N) is 1.